The number of hydrogen-bond acceptors (Lipinski definition) is 3. The van der Waals surface area contributed by atoms with Gasteiger partial charge in [-0.05, 0) is 44.1 Å². The Bertz CT molecular complexity index is 477. The average molecular weight is 330 g/mol. The van der Waals surface area contributed by atoms with E-state index in [1.54, 1.807) is 6.07 Å². The van der Waals surface area contributed by atoms with E-state index < -0.39 is 0 Å². The van der Waals surface area contributed by atoms with Crippen LogP contribution in [0.15, 0.2) is 6.07 Å². The fraction of sp³-hybridized carbons (Fsp3) is 0.688. The lowest BCUT2D eigenvalue weighted by molar-refractivity contribution is 0.351. The second-order valence-corrected chi connectivity index (χ2v) is 6.89. The molecule has 1 unspecified atom stereocenters. The maximum atomic E-state index is 6.37. The Labute approximate surface area is 138 Å². The van der Waals surface area contributed by atoms with Crippen LogP contribution in [0.5, 0.6) is 0 Å². The maximum Gasteiger partial charge on any atom is 0.149 e. The molecule has 5 heteroatoms. The van der Waals surface area contributed by atoms with Crippen LogP contribution >= 0.6 is 23.2 Å². The van der Waals surface area contributed by atoms with Gasteiger partial charge in [-0.3, -0.25) is 0 Å². The highest BCUT2D eigenvalue weighted by molar-refractivity contribution is 6.37. The molecule has 1 aromatic heterocycles. The van der Waals surface area contributed by atoms with Gasteiger partial charge in [-0.1, -0.05) is 37.0 Å². The zero-order valence-electron chi connectivity index (χ0n) is 13.1. The molecule has 1 aliphatic rings. The second kappa shape index (κ2) is 7.55. The number of rotatable bonds is 4. The molecule has 0 aliphatic carbocycles. The van der Waals surface area contributed by atoms with Gasteiger partial charge in [-0.25, -0.2) is 4.98 Å². The Morgan fingerprint density at radius 2 is 2.05 bits per heavy atom. The van der Waals surface area contributed by atoms with E-state index in [0.29, 0.717) is 10.0 Å². The van der Waals surface area contributed by atoms with E-state index in [2.05, 4.69) is 29.0 Å². The van der Waals surface area contributed by atoms with Gasteiger partial charge in [0.1, 0.15) is 11.6 Å². The van der Waals surface area contributed by atoms with Crippen LogP contribution in [0.2, 0.25) is 10.0 Å². The van der Waals surface area contributed by atoms with Gasteiger partial charge in [0.2, 0.25) is 0 Å². The minimum absolute atomic E-state index is 0.584. The number of halogens is 2. The van der Waals surface area contributed by atoms with Crippen molar-refractivity contribution >= 4 is 34.8 Å². The average Bonchev–Trinajstić information content (AvgIpc) is 2.68. The molecule has 21 heavy (non-hydrogen) atoms. The fourth-order valence-corrected chi connectivity index (χ4v) is 3.52. The minimum Gasteiger partial charge on any atom is -0.369 e. The summed E-state index contributed by atoms with van der Waals surface area (Å²) < 4.78 is 0. The maximum absolute atomic E-state index is 6.37. The van der Waals surface area contributed by atoms with Crippen molar-refractivity contribution in [1.29, 1.82) is 0 Å². The smallest absolute Gasteiger partial charge is 0.149 e. The zero-order valence-corrected chi connectivity index (χ0v) is 14.6. The first kappa shape index (κ1) is 16.7. The van der Waals surface area contributed by atoms with Gasteiger partial charge in [0.25, 0.3) is 0 Å². The Balaban J connectivity index is 2.19. The molecular formula is C16H25Cl2N3. The highest BCUT2D eigenvalue weighted by Gasteiger charge is 2.22. The molecule has 1 aromatic rings. The van der Waals surface area contributed by atoms with Crippen LogP contribution in [0.3, 0.4) is 0 Å². The van der Waals surface area contributed by atoms with Crippen molar-refractivity contribution in [3.63, 3.8) is 0 Å². The van der Waals surface area contributed by atoms with Gasteiger partial charge in [0.15, 0.2) is 0 Å². The van der Waals surface area contributed by atoms with Crippen LogP contribution in [-0.2, 0) is 0 Å². The van der Waals surface area contributed by atoms with Gasteiger partial charge in [0.05, 0.1) is 10.0 Å². The molecule has 0 spiro atoms. The zero-order chi connectivity index (χ0) is 15.4. The van der Waals surface area contributed by atoms with E-state index in [4.69, 9.17) is 23.2 Å². The van der Waals surface area contributed by atoms with Crippen LogP contribution in [0.1, 0.15) is 40.0 Å². The van der Waals surface area contributed by atoms with E-state index in [1.165, 1.54) is 19.3 Å². The first-order chi connectivity index (χ1) is 10.0. The van der Waals surface area contributed by atoms with Crippen molar-refractivity contribution < 1.29 is 0 Å². The predicted molar refractivity (Wildman–Crippen MR) is 92.8 cm³/mol. The molecule has 0 saturated carbocycles. The summed E-state index contributed by atoms with van der Waals surface area (Å²) in [5.74, 6) is 3.13. The quantitative estimate of drug-likeness (QED) is 0.834. The van der Waals surface area contributed by atoms with E-state index in [-0.39, 0.29) is 0 Å². The van der Waals surface area contributed by atoms with Gasteiger partial charge < -0.3 is 10.2 Å². The van der Waals surface area contributed by atoms with Gasteiger partial charge in [-0.15, -0.1) is 0 Å². The summed E-state index contributed by atoms with van der Waals surface area (Å²) in [5, 5.41) is 4.42. The summed E-state index contributed by atoms with van der Waals surface area (Å²) in [6.45, 7) is 9.49. The van der Waals surface area contributed by atoms with Gasteiger partial charge in [0, 0.05) is 19.6 Å². The van der Waals surface area contributed by atoms with E-state index in [1.807, 2.05) is 6.92 Å². The predicted octanol–water partition coefficient (Wildman–Crippen LogP) is 5.08. The standard InChI is InChI=1S/C16H25Cl2N3/c1-4-19-15-13(17)10-14(18)16(20-15)21-8-5-6-12(7-9-21)11(2)3/h10-12H,4-9H2,1-3H3,(H,19,20). The fourth-order valence-electron chi connectivity index (χ4n) is 2.97. The Hall–Kier alpha value is -0.670. The van der Waals surface area contributed by atoms with Gasteiger partial charge >= 0.3 is 0 Å². The lowest BCUT2D eigenvalue weighted by Gasteiger charge is -2.24. The van der Waals surface area contributed by atoms with Crippen molar-refractivity contribution in [2.24, 2.45) is 11.8 Å². The molecule has 1 N–H and O–H groups in total. The van der Waals surface area contributed by atoms with Crippen molar-refractivity contribution in [2.45, 2.75) is 40.0 Å². The molecule has 2 heterocycles. The van der Waals surface area contributed by atoms with Crippen molar-refractivity contribution in [1.82, 2.24) is 4.98 Å². The molecule has 0 aromatic carbocycles. The largest absolute Gasteiger partial charge is 0.369 e. The highest BCUT2D eigenvalue weighted by atomic mass is 35.5. The number of pyridine rings is 1. The molecular weight excluding hydrogens is 305 g/mol. The minimum atomic E-state index is 0.584. The summed E-state index contributed by atoms with van der Waals surface area (Å²) in [6.07, 6.45) is 3.69. The Morgan fingerprint density at radius 3 is 2.71 bits per heavy atom. The monoisotopic (exact) mass is 329 g/mol. The normalized spacial score (nSPS) is 19.7. The number of nitrogens with zero attached hydrogens (tertiary/aromatic N) is 2. The molecule has 1 atom stereocenters. The van der Waals surface area contributed by atoms with Crippen molar-refractivity contribution in [3.05, 3.63) is 16.1 Å². The molecule has 1 aliphatic heterocycles. The number of aromatic nitrogens is 1. The third-order valence-electron chi connectivity index (χ3n) is 4.27. The van der Waals surface area contributed by atoms with E-state index >= 15 is 0 Å². The van der Waals surface area contributed by atoms with Crippen LogP contribution < -0.4 is 10.2 Å². The Kier molecular flexibility index (Phi) is 6.00. The van der Waals surface area contributed by atoms with E-state index in [0.717, 1.165) is 43.1 Å². The number of anilines is 2. The lowest BCUT2D eigenvalue weighted by atomic mass is 9.89. The summed E-state index contributed by atoms with van der Waals surface area (Å²) in [4.78, 5) is 6.96. The van der Waals surface area contributed by atoms with Crippen molar-refractivity contribution in [2.75, 3.05) is 29.9 Å². The summed E-state index contributed by atoms with van der Waals surface area (Å²) in [6, 6.07) is 1.80. The molecule has 118 valence electrons. The molecule has 0 bridgehead atoms. The highest BCUT2D eigenvalue weighted by Crippen LogP contribution is 2.34. The molecule has 3 nitrogen and oxygen atoms in total. The lowest BCUT2D eigenvalue weighted by Crippen LogP contribution is -2.26. The first-order valence-electron chi connectivity index (χ1n) is 7.87. The van der Waals surface area contributed by atoms with Crippen molar-refractivity contribution in [3.8, 4) is 0 Å². The summed E-state index contributed by atoms with van der Waals surface area (Å²) >= 11 is 12.6. The molecule has 1 saturated heterocycles. The van der Waals surface area contributed by atoms with Crippen LogP contribution in [0.4, 0.5) is 11.6 Å². The van der Waals surface area contributed by atoms with Crippen LogP contribution in [0, 0.1) is 11.8 Å². The van der Waals surface area contributed by atoms with Crippen LogP contribution in [0.25, 0.3) is 0 Å². The molecule has 0 amide bonds. The molecule has 0 radical (unpaired) electrons. The SMILES string of the molecule is CCNc1nc(N2CCCC(C(C)C)CC2)c(Cl)cc1Cl. The van der Waals surface area contributed by atoms with E-state index in [9.17, 15) is 0 Å². The number of nitrogens with one attached hydrogen (secondary N) is 1. The third-order valence-corrected chi connectivity index (χ3v) is 4.84. The van der Waals surface area contributed by atoms with Gasteiger partial charge in [-0.2, -0.15) is 0 Å². The Morgan fingerprint density at radius 1 is 1.29 bits per heavy atom. The second-order valence-electron chi connectivity index (χ2n) is 6.08. The molecule has 1 fully saturated rings. The topological polar surface area (TPSA) is 28.2 Å². The molecule has 2 rings (SSSR count). The summed E-state index contributed by atoms with van der Waals surface area (Å²) in [5.41, 5.74) is 0. The summed E-state index contributed by atoms with van der Waals surface area (Å²) in [7, 11) is 0. The number of hydrogen-bond donors (Lipinski definition) is 1. The third kappa shape index (κ3) is 4.17. The first-order valence-corrected chi connectivity index (χ1v) is 8.63. The van der Waals surface area contributed by atoms with Crippen LogP contribution in [-0.4, -0.2) is 24.6 Å².